The van der Waals surface area contributed by atoms with Crippen LogP contribution in [0.15, 0.2) is 18.2 Å². The van der Waals surface area contributed by atoms with Gasteiger partial charge in [-0.25, -0.2) is 13.2 Å². The summed E-state index contributed by atoms with van der Waals surface area (Å²) in [5, 5.41) is 10.9. The van der Waals surface area contributed by atoms with Gasteiger partial charge in [0, 0.05) is 9.26 Å². The maximum absolute atomic E-state index is 12.8. The molecule has 1 rings (SSSR count). The summed E-state index contributed by atoms with van der Waals surface area (Å²) in [6.07, 6.45) is -4.89. The van der Waals surface area contributed by atoms with Gasteiger partial charge in [0.2, 0.25) is 0 Å². The van der Waals surface area contributed by atoms with Gasteiger partial charge >= 0.3 is 0 Å². The molecule has 14 heavy (non-hydrogen) atoms. The lowest BCUT2D eigenvalue weighted by molar-refractivity contribution is 0.0127. The van der Waals surface area contributed by atoms with Gasteiger partial charge in [-0.2, -0.15) is 0 Å². The van der Waals surface area contributed by atoms with Crippen LogP contribution in [0.4, 0.5) is 18.9 Å². The Bertz CT molecular complexity index is 301. The van der Waals surface area contributed by atoms with Crippen molar-refractivity contribution >= 4 is 28.3 Å². The molecule has 0 aliphatic carbocycles. The highest BCUT2D eigenvalue weighted by atomic mass is 127. The van der Waals surface area contributed by atoms with Crippen molar-refractivity contribution in [1.82, 2.24) is 0 Å². The van der Waals surface area contributed by atoms with Crippen LogP contribution in [0.25, 0.3) is 0 Å². The van der Waals surface area contributed by atoms with E-state index in [-0.39, 0.29) is 5.69 Å². The lowest BCUT2D eigenvalue weighted by atomic mass is 10.3. The van der Waals surface area contributed by atoms with Gasteiger partial charge in [0.05, 0.1) is 0 Å². The van der Waals surface area contributed by atoms with Gasteiger partial charge in [-0.1, -0.05) is 0 Å². The van der Waals surface area contributed by atoms with Crippen LogP contribution in [-0.4, -0.2) is 17.8 Å². The van der Waals surface area contributed by atoms with Crippen LogP contribution in [0.3, 0.4) is 0 Å². The minimum Gasteiger partial charge on any atom is -0.368 e. The maximum Gasteiger partial charge on any atom is 0.282 e. The minimum atomic E-state index is -2.91. The molecule has 0 spiro atoms. The molecule has 0 aliphatic rings. The van der Waals surface area contributed by atoms with Crippen molar-refractivity contribution in [3.63, 3.8) is 0 Å². The van der Waals surface area contributed by atoms with Gasteiger partial charge in [0.1, 0.15) is 5.82 Å². The summed E-state index contributed by atoms with van der Waals surface area (Å²) in [7, 11) is 0. The zero-order chi connectivity index (χ0) is 10.7. The van der Waals surface area contributed by atoms with Gasteiger partial charge in [-0.3, -0.25) is 0 Å². The number of aliphatic hydroxyl groups is 1. The molecule has 78 valence electrons. The third kappa shape index (κ3) is 3.33. The van der Waals surface area contributed by atoms with E-state index in [9.17, 15) is 13.2 Å². The van der Waals surface area contributed by atoms with Crippen molar-refractivity contribution in [3.8, 4) is 0 Å². The number of anilines is 1. The molecular weight excluding hydrogens is 310 g/mol. The molecule has 0 heterocycles. The summed E-state index contributed by atoms with van der Waals surface area (Å²) < 4.78 is 37.1. The fourth-order valence-electron chi connectivity index (χ4n) is 0.871. The molecule has 2 N–H and O–H groups in total. The Morgan fingerprint density at radius 1 is 1.29 bits per heavy atom. The Hall–Kier alpha value is -0.500. The Kier molecular flexibility index (Phi) is 3.99. The zero-order valence-corrected chi connectivity index (χ0v) is 9.00. The molecule has 0 aromatic heterocycles. The average Bonchev–Trinajstić information content (AvgIpc) is 2.01. The van der Waals surface area contributed by atoms with Crippen LogP contribution >= 0.6 is 22.6 Å². The standard InChI is InChI=1S/C8H7F3INO/c9-4-1-5(12)3-6(2-4)13-8(14)7(10)11/h1-3,7-8,13-14H. The highest BCUT2D eigenvalue weighted by Crippen LogP contribution is 2.17. The van der Waals surface area contributed by atoms with Crippen LogP contribution < -0.4 is 5.32 Å². The quantitative estimate of drug-likeness (QED) is 0.663. The third-order valence-electron chi connectivity index (χ3n) is 1.42. The minimum absolute atomic E-state index is 0.127. The van der Waals surface area contributed by atoms with Crippen LogP contribution in [0.2, 0.25) is 0 Å². The SMILES string of the molecule is OC(Nc1cc(F)cc(I)c1)C(F)F. The number of hydrogen-bond acceptors (Lipinski definition) is 2. The van der Waals surface area contributed by atoms with Gasteiger partial charge < -0.3 is 10.4 Å². The first-order chi connectivity index (χ1) is 6.49. The van der Waals surface area contributed by atoms with Crippen LogP contribution in [0.1, 0.15) is 0 Å². The monoisotopic (exact) mass is 317 g/mol. The van der Waals surface area contributed by atoms with E-state index < -0.39 is 18.5 Å². The van der Waals surface area contributed by atoms with E-state index >= 15 is 0 Å². The molecule has 1 unspecified atom stereocenters. The molecule has 0 fully saturated rings. The fourth-order valence-corrected chi connectivity index (χ4v) is 1.50. The van der Waals surface area contributed by atoms with Crippen LogP contribution in [-0.2, 0) is 0 Å². The largest absolute Gasteiger partial charge is 0.368 e. The molecule has 0 aliphatic heterocycles. The lowest BCUT2D eigenvalue weighted by Crippen LogP contribution is -2.26. The molecule has 0 bridgehead atoms. The zero-order valence-electron chi connectivity index (χ0n) is 6.85. The van der Waals surface area contributed by atoms with Gasteiger partial charge in [0.15, 0.2) is 6.23 Å². The molecule has 0 saturated heterocycles. The van der Waals surface area contributed by atoms with Crippen molar-refractivity contribution in [2.24, 2.45) is 0 Å². The first kappa shape index (κ1) is 11.6. The molecule has 1 aromatic carbocycles. The first-order valence-electron chi connectivity index (χ1n) is 3.68. The van der Waals surface area contributed by atoms with Gasteiger partial charge in [0.25, 0.3) is 6.43 Å². The molecule has 6 heteroatoms. The van der Waals surface area contributed by atoms with E-state index in [1.165, 1.54) is 12.1 Å². The van der Waals surface area contributed by atoms with Crippen molar-refractivity contribution < 1.29 is 18.3 Å². The number of aliphatic hydroxyl groups excluding tert-OH is 1. The number of halogens is 4. The highest BCUT2D eigenvalue weighted by molar-refractivity contribution is 14.1. The number of alkyl halides is 2. The number of hydrogen-bond donors (Lipinski definition) is 2. The number of rotatable bonds is 3. The van der Waals surface area contributed by atoms with Crippen LogP contribution in [0.5, 0.6) is 0 Å². The van der Waals surface area contributed by atoms with Gasteiger partial charge in [-0.05, 0) is 40.8 Å². The average molecular weight is 317 g/mol. The summed E-state index contributed by atoms with van der Waals surface area (Å²) >= 11 is 1.85. The van der Waals surface area contributed by atoms with Crippen LogP contribution in [0, 0.1) is 9.39 Å². The summed E-state index contributed by atoms with van der Waals surface area (Å²) in [5.41, 5.74) is 0.127. The summed E-state index contributed by atoms with van der Waals surface area (Å²) in [5.74, 6) is -0.541. The molecule has 0 amide bonds. The number of benzene rings is 1. The number of nitrogens with one attached hydrogen (secondary N) is 1. The van der Waals surface area contributed by atoms with Crippen molar-refractivity contribution in [1.29, 1.82) is 0 Å². The molecule has 1 atom stereocenters. The second kappa shape index (κ2) is 4.83. The maximum atomic E-state index is 12.8. The molecular formula is C8H7F3INO. The van der Waals surface area contributed by atoms with E-state index in [2.05, 4.69) is 5.32 Å². The summed E-state index contributed by atoms with van der Waals surface area (Å²) in [4.78, 5) is 0. The Morgan fingerprint density at radius 2 is 1.93 bits per heavy atom. The van der Waals surface area contributed by atoms with E-state index in [1.54, 1.807) is 0 Å². The summed E-state index contributed by atoms with van der Waals surface area (Å²) in [6.45, 7) is 0. The molecule has 0 radical (unpaired) electrons. The predicted molar refractivity (Wildman–Crippen MR) is 54.8 cm³/mol. The molecule has 0 saturated carbocycles. The van der Waals surface area contributed by atoms with Crippen molar-refractivity contribution in [3.05, 3.63) is 27.6 Å². The van der Waals surface area contributed by atoms with Crippen molar-refractivity contribution in [2.75, 3.05) is 5.32 Å². The van der Waals surface area contributed by atoms with Gasteiger partial charge in [-0.15, -0.1) is 0 Å². The smallest absolute Gasteiger partial charge is 0.282 e. The van der Waals surface area contributed by atoms with Crippen molar-refractivity contribution in [2.45, 2.75) is 12.7 Å². The molecule has 2 nitrogen and oxygen atoms in total. The Labute approximate surface area is 92.3 Å². The molecule has 1 aromatic rings. The fraction of sp³-hybridized carbons (Fsp3) is 0.250. The second-order valence-electron chi connectivity index (χ2n) is 2.58. The van der Waals surface area contributed by atoms with E-state index in [4.69, 9.17) is 5.11 Å². The second-order valence-corrected chi connectivity index (χ2v) is 3.83. The van der Waals surface area contributed by atoms with E-state index in [0.717, 1.165) is 6.07 Å². The van der Waals surface area contributed by atoms with E-state index in [1.807, 2.05) is 22.6 Å². The lowest BCUT2D eigenvalue weighted by Gasteiger charge is -2.13. The normalized spacial score (nSPS) is 13.0. The Morgan fingerprint density at radius 3 is 2.43 bits per heavy atom. The summed E-state index contributed by atoms with van der Waals surface area (Å²) in [6, 6.07) is 3.74. The highest BCUT2D eigenvalue weighted by Gasteiger charge is 2.16. The Balaban J connectivity index is 2.76. The van der Waals surface area contributed by atoms with E-state index in [0.29, 0.717) is 3.57 Å². The topological polar surface area (TPSA) is 32.3 Å². The predicted octanol–water partition coefficient (Wildman–Crippen LogP) is 2.43. The first-order valence-corrected chi connectivity index (χ1v) is 4.76. The third-order valence-corrected chi connectivity index (χ3v) is 2.04.